The third-order valence-corrected chi connectivity index (χ3v) is 14.0. The molecule has 7 nitrogen and oxygen atoms in total. The fraction of sp³-hybridized carbons (Fsp3) is 0.938. The maximum Gasteiger partial charge on any atom is 0.185 e. The van der Waals surface area contributed by atoms with Crippen LogP contribution in [0, 0.1) is 34.5 Å². The molecular weight excluding hydrogens is 577 g/mol. The molecule has 4 fully saturated rings. The first-order valence-corrected chi connectivity index (χ1v) is 26.7. The maximum atomic E-state index is 7.46. The van der Waals surface area contributed by atoms with Crippen molar-refractivity contribution in [3.8, 4) is 0 Å². The summed E-state index contributed by atoms with van der Waals surface area (Å²) < 4.78 is 21.4. The van der Waals surface area contributed by atoms with Gasteiger partial charge in [-0.15, -0.1) is 0 Å². The monoisotopic (exact) mass is 638 g/mol. The summed E-state index contributed by atoms with van der Waals surface area (Å²) in [6, 6.07) is 0. The number of nitrogens with zero attached hydrogens (tertiary/aromatic N) is 2. The van der Waals surface area contributed by atoms with Crippen LogP contribution in [0.4, 0.5) is 0 Å². The van der Waals surface area contributed by atoms with Gasteiger partial charge in [0, 0.05) is 11.5 Å². The predicted octanol–water partition coefficient (Wildman–Crippen LogP) is 8.31. The van der Waals surface area contributed by atoms with Crippen LogP contribution in [-0.4, -0.2) is 68.9 Å². The van der Waals surface area contributed by atoms with E-state index in [-0.39, 0.29) is 16.9 Å². The lowest BCUT2D eigenvalue weighted by Crippen LogP contribution is -2.66. The number of fused-ring (bicyclic) bond motifs is 5. The molecule has 4 aliphatic carbocycles. The van der Waals surface area contributed by atoms with Crippen LogP contribution >= 0.6 is 0 Å². The summed E-state index contributed by atoms with van der Waals surface area (Å²) in [6.45, 7) is 26.4. The van der Waals surface area contributed by atoms with Crippen LogP contribution in [0.3, 0.4) is 0 Å². The fourth-order valence-corrected chi connectivity index (χ4v) is 13.0. The van der Waals surface area contributed by atoms with E-state index in [1.807, 2.05) is 0 Å². The van der Waals surface area contributed by atoms with Gasteiger partial charge in [0.25, 0.3) is 0 Å². The quantitative estimate of drug-likeness (QED) is 0.137. The highest BCUT2D eigenvalue weighted by molar-refractivity contribution is 6.70. The van der Waals surface area contributed by atoms with E-state index < -0.39 is 30.6 Å². The van der Waals surface area contributed by atoms with E-state index in [0.29, 0.717) is 30.3 Å². The molecule has 0 aromatic rings. The lowest BCUT2D eigenvalue weighted by Gasteiger charge is -2.64. The van der Waals surface area contributed by atoms with Gasteiger partial charge < -0.3 is 23.0 Å². The van der Waals surface area contributed by atoms with Gasteiger partial charge in [-0.3, -0.25) is 0 Å². The van der Waals surface area contributed by atoms with Gasteiger partial charge in [-0.2, -0.15) is 0 Å². The Morgan fingerprint density at radius 2 is 1.55 bits per heavy atom. The summed E-state index contributed by atoms with van der Waals surface area (Å²) in [6.07, 6.45) is 9.13. The highest BCUT2D eigenvalue weighted by atomic mass is 28.4. The normalized spacial score (nSPS) is 40.4. The number of hydrogen-bond donors (Lipinski definition) is 0. The Kier molecular flexibility index (Phi) is 9.82. The van der Waals surface area contributed by atoms with E-state index in [1.54, 1.807) is 14.2 Å². The van der Waals surface area contributed by atoms with E-state index in [9.17, 15) is 0 Å². The fourth-order valence-electron chi connectivity index (χ4n) is 9.75. The Balaban J connectivity index is 1.82. The van der Waals surface area contributed by atoms with Crippen LogP contribution in [0.5, 0.6) is 0 Å². The van der Waals surface area contributed by atoms with Crippen LogP contribution in [0.1, 0.15) is 65.2 Å². The Morgan fingerprint density at radius 3 is 2.12 bits per heavy atom. The van der Waals surface area contributed by atoms with Gasteiger partial charge in [0.2, 0.25) is 0 Å². The minimum absolute atomic E-state index is 0.112. The van der Waals surface area contributed by atoms with Crippen molar-refractivity contribution in [3.05, 3.63) is 0 Å². The Hall–Kier alpha value is -0.529. The summed E-state index contributed by atoms with van der Waals surface area (Å²) in [4.78, 5) is 10.8. The van der Waals surface area contributed by atoms with Gasteiger partial charge >= 0.3 is 0 Å². The van der Waals surface area contributed by atoms with Crippen molar-refractivity contribution in [2.45, 2.75) is 136 Å². The van der Waals surface area contributed by atoms with Gasteiger partial charge in [-0.25, -0.2) is 0 Å². The molecular formula is C32H62N2O5Si3. The molecule has 0 radical (unpaired) electrons. The standard InChI is InChI=1S/C32H62N2O5Si3/c1-30-18-16-24(33-35-3)20-23(30)14-15-25-26-17-19-32(39-42(11,12)13,28(34-36-4)22-37-40(5,6)7)31(26,2)21-27(29(25)30)38-41(8,9)10/h23,25-27,29H,14-22H2,1-13H3/b33-24-,34-28+/t23-,25-,26-,27-,29+,30-,31-,32-/m0/s1. The summed E-state index contributed by atoms with van der Waals surface area (Å²) >= 11 is 0. The maximum absolute atomic E-state index is 7.46. The van der Waals surface area contributed by atoms with Crippen molar-refractivity contribution >= 4 is 36.4 Å². The number of rotatable bonds is 10. The van der Waals surface area contributed by atoms with Crippen LogP contribution < -0.4 is 0 Å². The van der Waals surface area contributed by atoms with Crippen molar-refractivity contribution in [1.82, 2.24) is 0 Å². The van der Waals surface area contributed by atoms with E-state index >= 15 is 0 Å². The van der Waals surface area contributed by atoms with Gasteiger partial charge in [-0.1, -0.05) is 24.2 Å². The smallest absolute Gasteiger partial charge is 0.185 e. The Labute approximate surface area is 260 Å². The van der Waals surface area contributed by atoms with E-state index in [1.165, 1.54) is 25.0 Å². The Morgan fingerprint density at radius 1 is 0.857 bits per heavy atom. The van der Waals surface area contributed by atoms with Crippen molar-refractivity contribution in [3.63, 3.8) is 0 Å². The molecule has 8 atom stereocenters. The molecule has 0 saturated heterocycles. The first-order valence-electron chi connectivity index (χ1n) is 16.5. The van der Waals surface area contributed by atoms with Crippen molar-refractivity contribution in [2.75, 3.05) is 20.8 Å². The molecule has 4 saturated carbocycles. The zero-order valence-corrected chi connectivity index (χ0v) is 32.2. The summed E-state index contributed by atoms with van der Waals surface area (Å²) in [5, 5.41) is 9.19. The second-order valence-electron chi connectivity index (χ2n) is 17.2. The molecule has 10 heteroatoms. The van der Waals surface area contributed by atoms with Crippen LogP contribution in [-0.2, 0) is 23.0 Å². The average molecular weight is 639 g/mol. The van der Waals surface area contributed by atoms with Gasteiger partial charge in [0.05, 0.1) is 12.3 Å². The minimum Gasteiger partial charge on any atom is -0.414 e. The average Bonchev–Trinajstić information content (AvgIpc) is 3.11. The lowest BCUT2D eigenvalue weighted by molar-refractivity contribution is -0.171. The molecule has 0 bridgehead atoms. The molecule has 4 rings (SSSR count). The van der Waals surface area contributed by atoms with Crippen LogP contribution in [0.2, 0.25) is 58.9 Å². The first-order chi connectivity index (χ1) is 19.3. The number of oxime groups is 2. The van der Waals surface area contributed by atoms with Crippen molar-refractivity contribution in [2.24, 2.45) is 44.8 Å². The molecule has 0 unspecified atom stereocenters. The van der Waals surface area contributed by atoms with Crippen molar-refractivity contribution < 1.29 is 23.0 Å². The van der Waals surface area contributed by atoms with Gasteiger partial charge in [-0.05, 0) is 139 Å². The third-order valence-electron chi connectivity index (χ3n) is 11.0. The largest absolute Gasteiger partial charge is 0.414 e. The molecule has 42 heavy (non-hydrogen) atoms. The first kappa shape index (κ1) is 34.3. The van der Waals surface area contributed by atoms with Gasteiger partial charge in [0.1, 0.15) is 25.5 Å². The highest BCUT2D eigenvalue weighted by Gasteiger charge is 2.70. The van der Waals surface area contributed by atoms with Crippen LogP contribution in [0.25, 0.3) is 0 Å². The molecule has 0 heterocycles. The van der Waals surface area contributed by atoms with Crippen LogP contribution in [0.15, 0.2) is 10.3 Å². The molecule has 0 amide bonds. The topological polar surface area (TPSA) is 70.9 Å². The molecule has 0 spiro atoms. The second-order valence-corrected chi connectivity index (χ2v) is 30.6. The van der Waals surface area contributed by atoms with E-state index in [2.05, 4.69) is 77.9 Å². The molecule has 0 aliphatic heterocycles. The lowest BCUT2D eigenvalue weighted by atomic mass is 9.43. The molecule has 242 valence electrons. The molecule has 4 aliphatic rings. The summed E-state index contributed by atoms with van der Waals surface area (Å²) in [7, 11) is -2.27. The summed E-state index contributed by atoms with van der Waals surface area (Å²) in [5.74, 6) is 2.36. The highest BCUT2D eigenvalue weighted by Crippen LogP contribution is 2.70. The second kappa shape index (κ2) is 12.0. The van der Waals surface area contributed by atoms with Crippen molar-refractivity contribution in [1.29, 1.82) is 0 Å². The molecule has 0 N–H and O–H groups in total. The van der Waals surface area contributed by atoms with E-state index in [0.717, 1.165) is 37.8 Å². The third kappa shape index (κ3) is 6.69. The van der Waals surface area contributed by atoms with Gasteiger partial charge in [0.15, 0.2) is 25.0 Å². The number of hydrogen-bond acceptors (Lipinski definition) is 7. The minimum atomic E-state index is -1.99. The zero-order valence-electron chi connectivity index (χ0n) is 29.2. The van der Waals surface area contributed by atoms with E-state index in [4.69, 9.17) is 28.1 Å². The molecule has 0 aromatic heterocycles. The zero-order chi connectivity index (χ0) is 31.4. The Bertz CT molecular complexity index is 1030. The molecule has 0 aromatic carbocycles. The SMILES string of the molecule is CO/N=C1/CC[C@@]2(C)[C@@H](CC[C@@H]3[C@@H]2[C@@H](O[Si](C)(C)C)C[C@@]2(C)[C@H]3CC[C@]2(O[Si](C)(C)C)/C(CO[Si](C)(C)C)=N/OC)C1. The predicted molar refractivity (Wildman–Crippen MR) is 181 cm³/mol. The summed E-state index contributed by atoms with van der Waals surface area (Å²) in [5.41, 5.74) is 1.83.